The second kappa shape index (κ2) is 8.62. The number of benzene rings is 1. The van der Waals surface area contributed by atoms with E-state index < -0.39 is 5.82 Å². The number of rotatable bonds is 6. The van der Waals surface area contributed by atoms with Crippen molar-refractivity contribution >= 4 is 17.3 Å². The molecule has 1 aromatic carbocycles. The molecule has 9 heteroatoms. The van der Waals surface area contributed by atoms with Crippen LogP contribution in [0.5, 0.6) is 5.88 Å². The van der Waals surface area contributed by atoms with Crippen LogP contribution >= 0.6 is 0 Å². The summed E-state index contributed by atoms with van der Waals surface area (Å²) in [7, 11) is 1.93. The van der Waals surface area contributed by atoms with E-state index in [9.17, 15) is 14.0 Å². The standard InChI is InChI=1S/C23H22FN5O3/c1-14(30)18(22(25)15-3-6-17(24)7-4-15)13-32-20-8-5-16(12-26-20)19-11-21-28(2)9-10-29(21)23(31)27-19/h3-8,11-12H,9-10,13,25H2,1-2H3/b22-18-. The first-order valence-corrected chi connectivity index (χ1v) is 10.0. The van der Waals surface area contributed by atoms with Gasteiger partial charge < -0.3 is 15.4 Å². The summed E-state index contributed by atoms with van der Waals surface area (Å²) < 4.78 is 20.5. The SMILES string of the molecule is CC(=O)/C(COc1ccc(-c2cc3n(c(=O)n2)CCN3C)cn1)=C(\N)c1ccc(F)cc1. The second-order valence-corrected chi connectivity index (χ2v) is 7.48. The van der Waals surface area contributed by atoms with Gasteiger partial charge in [-0.1, -0.05) is 0 Å². The number of ketones is 1. The lowest BCUT2D eigenvalue weighted by Crippen LogP contribution is -2.21. The summed E-state index contributed by atoms with van der Waals surface area (Å²) in [4.78, 5) is 34.8. The van der Waals surface area contributed by atoms with Crippen molar-refractivity contribution < 1.29 is 13.9 Å². The number of ether oxygens (including phenoxy) is 1. The summed E-state index contributed by atoms with van der Waals surface area (Å²) >= 11 is 0. The monoisotopic (exact) mass is 435 g/mol. The molecule has 2 N–H and O–H groups in total. The fourth-order valence-electron chi connectivity index (χ4n) is 3.47. The zero-order chi connectivity index (χ0) is 22.8. The first kappa shape index (κ1) is 21.2. The Hall–Kier alpha value is -4.01. The normalized spacial score (nSPS) is 13.5. The number of Topliss-reactive ketones (excluding diaryl/α,β-unsaturated/α-hetero) is 1. The third kappa shape index (κ3) is 4.22. The van der Waals surface area contributed by atoms with Crippen LogP contribution in [0.3, 0.4) is 0 Å². The van der Waals surface area contributed by atoms with E-state index in [-0.39, 0.29) is 35.2 Å². The highest BCUT2D eigenvalue weighted by Gasteiger charge is 2.19. The van der Waals surface area contributed by atoms with Gasteiger partial charge in [-0.3, -0.25) is 9.36 Å². The molecule has 0 fully saturated rings. The van der Waals surface area contributed by atoms with Crippen LogP contribution in [0.15, 0.2) is 59.0 Å². The first-order chi connectivity index (χ1) is 15.3. The molecule has 164 valence electrons. The number of carbonyl (C=O) groups is 1. The smallest absolute Gasteiger partial charge is 0.349 e. The molecule has 2 aromatic heterocycles. The lowest BCUT2D eigenvalue weighted by Gasteiger charge is -2.13. The average molecular weight is 435 g/mol. The number of halogens is 1. The minimum atomic E-state index is -0.390. The molecule has 0 saturated carbocycles. The van der Waals surface area contributed by atoms with E-state index >= 15 is 0 Å². The summed E-state index contributed by atoms with van der Waals surface area (Å²) in [6.07, 6.45) is 1.56. The topological polar surface area (TPSA) is 103 Å². The number of pyridine rings is 1. The van der Waals surface area contributed by atoms with Gasteiger partial charge in [0.05, 0.1) is 11.3 Å². The Morgan fingerprint density at radius 3 is 2.59 bits per heavy atom. The molecule has 4 rings (SSSR count). The Balaban J connectivity index is 1.52. The van der Waals surface area contributed by atoms with Gasteiger partial charge in [0.2, 0.25) is 5.88 Å². The summed E-state index contributed by atoms with van der Waals surface area (Å²) in [5, 5.41) is 0. The van der Waals surface area contributed by atoms with E-state index in [2.05, 4.69) is 9.97 Å². The Labute approximate surface area is 183 Å². The minimum Gasteiger partial charge on any atom is -0.473 e. The largest absolute Gasteiger partial charge is 0.473 e. The molecule has 1 aliphatic rings. The van der Waals surface area contributed by atoms with Gasteiger partial charge in [0.25, 0.3) is 0 Å². The molecule has 0 amide bonds. The average Bonchev–Trinajstić information content (AvgIpc) is 3.16. The van der Waals surface area contributed by atoms with Crippen LogP contribution in [-0.4, -0.2) is 40.5 Å². The predicted molar refractivity (Wildman–Crippen MR) is 119 cm³/mol. The summed E-state index contributed by atoms with van der Waals surface area (Å²) in [6, 6.07) is 10.8. The molecule has 0 spiro atoms. The van der Waals surface area contributed by atoms with Gasteiger partial charge in [-0.25, -0.2) is 14.2 Å². The molecule has 0 unspecified atom stereocenters. The van der Waals surface area contributed by atoms with Gasteiger partial charge in [0.1, 0.15) is 18.2 Å². The quantitative estimate of drug-likeness (QED) is 0.592. The highest BCUT2D eigenvalue weighted by Crippen LogP contribution is 2.24. The zero-order valence-corrected chi connectivity index (χ0v) is 17.7. The maximum absolute atomic E-state index is 13.2. The van der Waals surface area contributed by atoms with Crippen molar-refractivity contribution in [1.29, 1.82) is 0 Å². The highest BCUT2D eigenvalue weighted by atomic mass is 19.1. The molecule has 3 heterocycles. The van der Waals surface area contributed by atoms with Gasteiger partial charge in [-0.2, -0.15) is 4.98 Å². The fourth-order valence-corrected chi connectivity index (χ4v) is 3.47. The Morgan fingerprint density at radius 2 is 1.94 bits per heavy atom. The van der Waals surface area contributed by atoms with Crippen molar-refractivity contribution in [3.63, 3.8) is 0 Å². The maximum Gasteiger partial charge on any atom is 0.349 e. The number of likely N-dealkylation sites (N-methyl/N-ethyl adjacent to an activating group) is 1. The number of hydrogen-bond acceptors (Lipinski definition) is 7. The van der Waals surface area contributed by atoms with E-state index in [1.165, 1.54) is 31.2 Å². The Kier molecular flexibility index (Phi) is 5.72. The zero-order valence-electron chi connectivity index (χ0n) is 17.7. The third-order valence-corrected chi connectivity index (χ3v) is 5.34. The Morgan fingerprint density at radius 1 is 1.19 bits per heavy atom. The van der Waals surface area contributed by atoms with Crippen molar-refractivity contribution in [1.82, 2.24) is 14.5 Å². The second-order valence-electron chi connectivity index (χ2n) is 7.48. The van der Waals surface area contributed by atoms with Crippen LogP contribution in [0, 0.1) is 5.82 Å². The number of hydrogen-bond donors (Lipinski definition) is 1. The number of aromatic nitrogens is 3. The molecule has 0 saturated heterocycles. The van der Waals surface area contributed by atoms with Crippen LogP contribution < -0.4 is 21.1 Å². The number of fused-ring (bicyclic) bond motifs is 1. The van der Waals surface area contributed by atoms with E-state index in [0.717, 1.165) is 12.4 Å². The van der Waals surface area contributed by atoms with E-state index in [4.69, 9.17) is 10.5 Å². The van der Waals surface area contributed by atoms with Gasteiger partial charge in [0.15, 0.2) is 5.78 Å². The van der Waals surface area contributed by atoms with Crippen LogP contribution in [0.25, 0.3) is 17.0 Å². The van der Waals surface area contributed by atoms with Gasteiger partial charge in [-0.15, -0.1) is 0 Å². The fraction of sp³-hybridized carbons (Fsp3) is 0.217. The molecule has 0 radical (unpaired) electrons. The van der Waals surface area contributed by atoms with Crippen molar-refractivity contribution in [2.45, 2.75) is 13.5 Å². The maximum atomic E-state index is 13.2. The Bertz CT molecular complexity index is 1250. The summed E-state index contributed by atoms with van der Waals surface area (Å²) in [5.74, 6) is 0.455. The van der Waals surface area contributed by atoms with Crippen molar-refractivity contribution in [2.24, 2.45) is 5.73 Å². The highest BCUT2D eigenvalue weighted by molar-refractivity contribution is 6.00. The van der Waals surface area contributed by atoms with E-state index in [0.29, 0.717) is 23.4 Å². The molecule has 0 aliphatic carbocycles. The van der Waals surface area contributed by atoms with Crippen molar-refractivity contribution in [3.05, 3.63) is 76.1 Å². The molecule has 0 atom stereocenters. The van der Waals surface area contributed by atoms with Gasteiger partial charge in [0, 0.05) is 49.7 Å². The molecule has 8 nitrogen and oxygen atoms in total. The van der Waals surface area contributed by atoms with Crippen LogP contribution in [0.4, 0.5) is 10.2 Å². The van der Waals surface area contributed by atoms with Crippen LogP contribution in [0.2, 0.25) is 0 Å². The lowest BCUT2D eigenvalue weighted by molar-refractivity contribution is -0.113. The minimum absolute atomic E-state index is 0.0892. The molecule has 0 bridgehead atoms. The number of nitrogens with zero attached hydrogens (tertiary/aromatic N) is 4. The van der Waals surface area contributed by atoms with Crippen molar-refractivity contribution in [2.75, 3.05) is 25.1 Å². The molecule has 3 aromatic rings. The molecular weight excluding hydrogens is 413 g/mol. The lowest BCUT2D eigenvalue weighted by atomic mass is 10.0. The molecule has 32 heavy (non-hydrogen) atoms. The predicted octanol–water partition coefficient (Wildman–Crippen LogP) is 2.23. The number of anilines is 1. The summed E-state index contributed by atoms with van der Waals surface area (Å²) in [5.41, 5.74) is 8.04. The number of carbonyl (C=O) groups excluding carboxylic acids is 1. The third-order valence-electron chi connectivity index (χ3n) is 5.34. The van der Waals surface area contributed by atoms with Gasteiger partial charge in [-0.05, 0) is 42.8 Å². The van der Waals surface area contributed by atoms with Crippen molar-refractivity contribution in [3.8, 4) is 17.1 Å². The van der Waals surface area contributed by atoms with Crippen LogP contribution in [-0.2, 0) is 11.3 Å². The van der Waals surface area contributed by atoms with Crippen LogP contribution in [0.1, 0.15) is 12.5 Å². The number of nitrogens with two attached hydrogens (primary N) is 1. The molecule has 1 aliphatic heterocycles. The van der Waals surface area contributed by atoms with Gasteiger partial charge >= 0.3 is 5.69 Å². The first-order valence-electron chi connectivity index (χ1n) is 10.0. The molecular formula is C23H22FN5O3. The van der Waals surface area contributed by atoms with E-state index in [1.807, 2.05) is 18.0 Å². The van der Waals surface area contributed by atoms with E-state index in [1.54, 1.807) is 22.9 Å². The summed E-state index contributed by atoms with van der Waals surface area (Å²) in [6.45, 7) is 2.68.